The molecule has 0 aliphatic heterocycles. The van der Waals surface area contributed by atoms with E-state index in [4.69, 9.17) is 14.9 Å². The molecule has 20 heavy (non-hydrogen) atoms. The Bertz CT molecular complexity index is 418. The molecule has 0 saturated carbocycles. The van der Waals surface area contributed by atoms with Crippen LogP contribution in [-0.4, -0.2) is 46.4 Å². The van der Waals surface area contributed by atoms with Gasteiger partial charge in [0.25, 0.3) is 0 Å². The van der Waals surface area contributed by atoms with Gasteiger partial charge in [0.2, 0.25) is 0 Å². The Hall–Kier alpha value is -1.70. The lowest BCUT2D eigenvalue weighted by molar-refractivity contribution is -0.322. The number of aliphatic hydroxyl groups is 3. The Morgan fingerprint density at radius 1 is 1.10 bits per heavy atom. The fraction of sp³-hybridized carbons (Fsp3) is 0.538. The van der Waals surface area contributed by atoms with Crippen molar-refractivity contribution in [2.75, 3.05) is 13.2 Å². The van der Waals surface area contributed by atoms with Gasteiger partial charge < -0.3 is 24.8 Å². The highest BCUT2D eigenvalue weighted by Gasteiger charge is 2.35. The van der Waals surface area contributed by atoms with Crippen LogP contribution in [0, 0.1) is 0 Å². The van der Waals surface area contributed by atoms with Crippen LogP contribution in [0.1, 0.15) is 27.2 Å². The Balaban J connectivity index is 5.04. The summed E-state index contributed by atoms with van der Waals surface area (Å²) in [5.74, 6) is -4.35. The van der Waals surface area contributed by atoms with E-state index in [9.17, 15) is 14.7 Å². The maximum atomic E-state index is 11.8. The summed E-state index contributed by atoms with van der Waals surface area (Å²) in [6, 6.07) is 0. The quantitative estimate of drug-likeness (QED) is 0.343. The van der Waals surface area contributed by atoms with Crippen molar-refractivity contribution in [3.8, 4) is 0 Å². The number of ether oxygens (including phenoxy) is 2. The molecule has 0 aromatic heterocycles. The van der Waals surface area contributed by atoms with E-state index in [0.717, 1.165) is 0 Å². The van der Waals surface area contributed by atoms with Crippen LogP contribution in [-0.2, 0) is 19.1 Å². The maximum absolute atomic E-state index is 11.8. The summed E-state index contributed by atoms with van der Waals surface area (Å²) < 4.78 is 9.35. The Morgan fingerprint density at radius 2 is 1.55 bits per heavy atom. The molecule has 0 radical (unpaired) electrons. The number of carbonyl (C=O) groups excluding carboxylic acids is 2. The molecule has 0 rings (SSSR count). The summed E-state index contributed by atoms with van der Waals surface area (Å²) in [4.78, 5) is 23.1. The van der Waals surface area contributed by atoms with Gasteiger partial charge in [0.15, 0.2) is 0 Å². The second-order valence-corrected chi connectivity index (χ2v) is 4.17. The van der Waals surface area contributed by atoms with Gasteiger partial charge in [-0.2, -0.15) is 0 Å². The number of carbonyl (C=O) groups is 2. The van der Waals surface area contributed by atoms with E-state index in [2.05, 4.69) is 11.3 Å². The molecular weight excluding hydrogens is 268 g/mol. The Kier molecular flexibility index (Phi) is 7.12. The minimum absolute atomic E-state index is 0.0339. The van der Waals surface area contributed by atoms with Crippen molar-refractivity contribution < 1.29 is 34.4 Å². The van der Waals surface area contributed by atoms with Crippen molar-refractivity contribution in [2.24, 2.45) is 0 Å². The summed E-state index contributed by atoms with van der Waals surface area (Å²) in [5.41, 5.74) is -0.000441. The molecule has 0 aromatic carbocycles. The normalized spacial score (nSPS) is 13.1. The molecule has 7 nitrogen and oxygen atoms in total. The Morgan fingerprint density at radius 3 is 1.90 bits per heavy atom. The first kappa shape index (κ1) is 18.3. The highest BCUT2D eigenvalue weighted by atomic mass is 16.8. The average molecular weight is 288 g/mol. The largest absolute Gasteiger partial charge is 0.395 e. The van der Waals surface area contributed by atoms with Crippen LogP contribution < -0.4 is 0 Å². The average Bonchev–Trinajstić information content (AvgIpc) is 2.39. The molecule has 0 saturated heterocycles. The standard InChI is InChI=1S/C13H20O7/c1-5-13(18,19-11(16)8(2)3)20-12(17)9(4)10(6-14)7-15/h14-15,18H,2,5-7H2,1,3-4H3. The minimum Gasteiger partial charge on any atom is -0.395 e. The van der Waals surface area contributed by atoms with E-state index in [1.807, 2.05) is 0 Å². The SMILES string of the molecule is C=C(C)C(=O)OC(O)(CC)OC(=O)C(C)=C(CO)CO. The second-order valence-electron chi connectivity index (χ2n) is 4.17. The zero-order valence-electron chi connectivity index (χ0n) is 11.8. The summed E-state index contributed by atoms with van der Waals surface area (Å²) in [5, 5.41) is 27.8. The molecule has 1 unspecified atom stereocenters. The van der Waals surface area contributed by atoms with Crippen LogP contribution in [0.4, 0.5) is 0 Å². The second kappa shape index (κ2) is 7.78. The monoisotopic (exact) mass is 288 g/mol. The molecule has 114 valence electrons. The van der Waals surface area contributed by atoms with Crippen LogP contribution in [0.3, 0.4) is 0 Å². The van der Waals surface area contributed by atoms with Crippen molar-refractivity contribution >= 4 is 11.9 Å². The third kappa shape index (κ3) is 5.12. The molecule has 0 aliphatic rings. The van der Waals surface area contributed by atoms with Gasteiger partial charge in [0.1, 0.15) is 0 Å². The van der Waals surface area contributed by atoms with Crippen LogP contribution in [0.25, 0.3) is 0 Å². The highest BCUT2D eigenvalue weighted by Crippen LogP contribution is 2.19. The first-order chi connectivity index (χ1) is 9.20. The first-order valence-corrected chi connectivity index (χ1v) is 5.95. The van der Waals surface area contributed by atoms with Gasteiger partial charge in [-0.15, -0.1) is 0 Å². The molecule has 3 N–H and O–H groups in total. The molecule has 1 atom stereocenters. The molecule has 7 heteroatoms. The molecule has 0 fully saturated rings. The topological polar surface area (TPSA) is 113 Å². The molecular formula is C13H20O7. The minimum atomic E-state index is -2.43. The Labute approximate surface area is 117 Å². The third-order valence-electron chi connectivity index (χ3n) is 2.52. The number of hydrogen-bond acceptors (Lipinski definition) is 7. The van der Waals surface area contributed by atoms with Gasteiger partial charge in [-0.1, -0.05) is 13.5 Å². The van der Waals surface area contributed by atoms with Gasteiger partial charge in [-0.3, -0.25) is 0 Å². The van der Waals surface area contributed by atoms with Crippen molar-refractivity contribution in [3.05, 3.63) is 23.3 Å². The molecule has 0 amide bonds. The summed E-state index contributed by atoms with van der Waals surface area (Å²) >= 11 is 0. The van der Waals surface area contributed by atoms with Crippen LogP contribution >= 0.6 is 0 Å². The highest BCUT2D eigenvalue weighted by molar-refractivity contribution is 5.90. The van der Waals surface area contributed by atoms with Crippen molar-refractivity contribution in [1.82, 2.24) is 0 Å². The third-order valence-corrected chi connectivity index (χ3v) is 2.52. The van der Waals surface area contributed by atoms with E-state index in [1.54, 1.807) is 0 Å². The lowest BCUT2D eigenvalue weighted by atomic mass is 10.1. The molecule has 0 heterocycles. The number of rotatable bonds is 7. The summed E-state index contributed by atoms with van der Waals surface area (Å²) in [6.07, 6.45) is -0.196. The van der Waals surface area contributed by atoms with Crippen LogP contribution in [0.15, 0.2) is 23.3 Å². The zero-order chi connectivity index (χ0) is 15.9. The molecule has 0 aliphatic carbocycles. The van der Waals surface area contributed by atoms with Gasteiger partial charge in [0.05, 0.1) is 19.6 Å². The van der Waals surface area contributed by atoms with Crippen molar-refractivity contribution in [2.45, 2.75) is 33.2 Å². The van der Waals surface area contributed by atoms with Crippen molar-refractivity contribution in [3.63, 3.8) is 0 Å². The van der Waals surface area contributed by atoms with Crippen molar-refractivity contribution in [1.29, 1.82) is 0 Å². The summed E-state index contributed by atoms with van der Waals surface area (Å²) in [7, 11) is 0. The van der Waals surface area contributed by atoms with E-state index in [0.29, 0.717) is 0 Å². The maximum Gasteiger partial charge on any atom is 0.373 e. The summed E-state index contributed by atoms with van der Waals surface area (Å²) in [6.45, 7) is 6.40. The predicted molar refractivity (Wildman–Crippen MR) is 69.1 cm³/mol. The van der Waals surface area contributed by atoms with Crippen LogP contribution in [0.2, 0.25) is 0 Å². The predicted octanol–water partition coefficient (Wildman–Crippen LogP) is 0.00610. The molecule has 0 spiro atoms. The van der Waals surface area contributed by atoms with Gasteiger partial charge in [0, 0.05) is 11.1 Å². The van der Waals surface area contributed by atoms with Gasteiger partial charge >= 0.3 is 17.9 Å². The number of aliphatic hydroxyl groups excluding tert-OH is 2. The van der Waals surface area contributed by atoms with E-state index < -0.39 is 31.1 Å². The zero-order valence-corrected chi connectivity index (χ0v) is 11.8. The van der Waals surface area contributed by atoms with Gasteiger partial charge in [-0.25, -0.2) is 9.59 Å². The van der Waals surface area contributed by atoms with Crippen LogP contribution in [0.5, 0.6) is 0 Å². The number of esters is 2. The molecule has 0 aromatic rings. The fourth-order valence-electron chi connectivity index (χ4n) is 1.05. The van der Waals surface area contributed by atoms with Gasteiger partial charge in [-0.05, 0) is 19.4 Å². The lowest BCUT2D eigenvalue weighted by Crippen LogP contribution is -2.40. The number of hydrogen-bond donors (Lipinski definition) is 3. The first-order valence-electron chi connectivity index (χ1n) is 5.95. The van der Waals surface area contributed by atoms with E-state index in [-0.39, 0.29) is 23.1 Å². The van der Waals surface area contributed by atoms with E-state index >= 15 is 0 Å². The van der Waals surface area contributed by atoms with E-state index in [1.165, 1.54) is 20.8 Å². The molecule has 0 bridgehead atoms. The lowest BCUT2D eigenvalue weighted by Gasteiger charge is -2.26. The fourth-order valence-corrected chi connectivity index (χ4v) is 1.05. The smallest absolute Gasteiger partial charge is 0.373 e.